The maximum absolute atomic E-state index is 10.8. The molecule has 5 heteroatoms. The first-order valence-electron chi connectivity index (χ1n) is 6.85. The molecule has 116 valence electrons. The van der Waals surface area contributed by atoms with Gasteiger partial charge in [0.2, 0.25) is 0 Å². The predicted octanol–water partition coefficient (Wildman–Crippen LogP) is 2.85. The minimum absolute atomic E-state index is 0.119. The van der Waals surface area contributed by atoms with E-state index < -0.39 is 12.0 Å². The zero-order chi connectivity index (χ0) is 16.1. The molecule has 0 aliphatic rings. The number of hydrogen-bond donors (Lipinski definition) is 2. The van der Waals surface area contributed by atoms with Gasteiger partial charge in [-0.2, -0.15) is 0 Å². The van der Waals surface area contributed by atoms with Gasteiger partial charge >= 0.3 is 5.97 Å². The molecule has 0 saturated heterocycles. The fourth-order valence-electron chi connectivity index (χ4n) is 2.37. The second kappa shape index (κ2) is 6.95. The molecule has 0 aromatic heterocycles. The number of carbonyl (C=O) groups is 1. The summed E-state index contributed by atoms with van der Waals surface area (Å²) in [5.41, 5.74) is 8.38. The zero-order valence-corrected chi connectivity index (χ0v) is 12.6. The second-order valence-electron chi connectivity index (χ2n) is 4.87. The second-order valence-corrected chi connectivity index (χ2v) is 4.87. The van der Waals surface area contributed by atoms with Crippen LogP contribution in [0.4, 0.5) is 0 Å². The lowest BCUT2D eigenvalue weighted by molar-refractivity contribution is -0.137. The molecule has 2 aromatic carbocycles. The number of methoxy groups -OCH3 is 2. The summed E-state index contributed by atoms with van der Waals surface area (Å²) in [6.07, 6.45) is -0.119. The van der Waals surface area contributed by atoms with E-state index in [1.165, 1.54) is 0 Å². The monoisotopic (exact) mass is 301 g/mol. The number of nitrogens with two attached hydrogens (primary N) is 1. The normalized spacial score (nSPS) is 11.8. The molecular weight excluding hydrogens is 282 g/mol. The largest absolute Gasteiger partial charge is 0.496 e. The smallest absolute Gasteiger partial charge is 0.305 e. The molecule has 0 spiro atoms. The standard InChI is InChI=1S/C17H19NO4/c1-21-14-7-4-8-15(22-2)17(14)12-6-3-5-11(9-12)13(18)10-16(19)20/h3-9,13H,10,18H2,1-2H3,(H,19,20). The van der Waals surface area contributed by atoms with E-state index in [4.69, 9.17) is 20.3 Å². The van der Waals surface area contributed by atoms with Gasteiger partial charge in [-0.3, -0.25) is 4.79 Å². The Hall–Kier alpha value is -2.53. The fourth-order valence-corrected chi connectivity index (χ4v) is 2.37. The van der Waals surface area contributed by atoms with Crippen LogP contribution in [0.5, 0.6) is 11.5 Å². The van der Waals surface area contributed by atoms with Crippen molar-refractivity contribution in [3.63, 3.8) is 0 Å². The minimum atomic E-state index is -0.923. The van der Waals surface area contributed by atoms with Crippen molar-refractivity contribution in [2.24, 2.45) is 5.73 Å². The van der Waals surface area contributed by atoms with Gasteiger partial charge < -0.3 is 20.3 Å². The average molecular weight is 301 g/mol. The first kappa shape index (κ1) is 15.9. The molecule has 1 unspecified atom stereocenters. The van der Waals surface area contributed by atoms with E-state index in [2.05, 4.69) is 0 Å². The Morgan fingerprint density at radius 2 is 1.73 bits per heavy atom. The highest BCUT2D eigenvalue weighted by atomic mass is 16.5. The third-order valence-corrected chi connectivity index (χ3v) is 3.43. The van der Waals surface area contributed by atoms with E-state index in [0.29, 0.717) is 11.5 Å². The number of benzene rings is 2. The number of carboxylic acid groups (broad SMARTS) is 1. The molecule has 0 aliphatic heterocycles. The van der Waals surface area contributed by atoms with E-state index in [1.54, 1.807) is 14.2 Å². The SMILES string of the molecule is COc1cccc(OC)c1-c1cccc(C(N)CC(=O)O)c1. The van der Waals surface area contributed by atoms with Crippen molar-refractivity contribution in [1.82, 2.24) is 0 Å². The third-order valence-electron chi connectivity index (χ3n) is 3.43. The van der Waals surface area contributed by atoms with Gasteiger partial charge in [-0.15, -0.1) is 0 Å². The quantitative estimate of drug-likeness (QED) is 0.857. The van der Waals surface area contributed by atoms with Crippen molar-refractivity contribution in [2.45, 2.75) is 12.5 Å². The summed E-state index contributed by atoms with van der Waals surface area (Å²) in [7, 11) is 3.19. The summed E-state index contributed by atoms with van der Waals surface area (Å²) < 4.78 is 10.8. The Morgan fingerprint density at radius 1 is 1.14 bits per heavy atom. The maximum Gasteiger partial charge on any atom is 0.305 e. The number of aliphatic carboxylic acids is 1. The van der Waals surface area contributed by atoms with Crippen LogP contribution in [0.15, 0.2) is 42.5 Å². The highest BCUT2D eigenvalue weighted by Crippen LogP contribution is 2.38. The Balaban J connectivity index is 2.48. The van der Waals surface area contributed by atoms with Crippen molar-refractivity contribution in [1.29, 1.82) is 0 Å². The van der Waals surface area contributed by atoms with Crippen LogP contribution >= 0.6 is 0 Å². The molecule has 0 fully saturated rings. The van der Waals surface area contributed by atoms with Crippen LogP contribution in [0, 0.1) is 0 Å². The third kappa shape index (κ3) is 3.38. The van der Waals surface area contributed by atoms with Crippen LogP contribution in [0.1, 0.15) is 18.0 Å². The predicted molar refractivity (Wildman–Crippen MR) is 84.2 cm³/mol. The van der Waals surface area contributed by atoms with E-state index in [0.717, 1.165) is 16.7 Å². The van der Waals surface area contributed by atoms with Gasteiger partial charge in [0, 0.05) is 6.04 Å². The first-order valence-corrected chi connectivity index (χ1v) is 6.85. The van der Waals surface area contributed by atoms with E-state index in [1.807, 2.05) is 42.5 Å². The van der Waals surface area contributed by atoms with Gasteiger partial charge in [0.15, 0.2) is 0 Å². The molecule has 2 aromatic rings. The lowest BCUT2D eigenvalue weighted by atomic mass is 9.97. The molecule has 0 radical (unpaired) electrons. The van der Waals surface area contributed by atoms with Crippen LogP contribution < -0.4 is 15.2 Å². The van der Waals surface area contributed by atoms with Gasteiger partial charge in [-0.25, -0.2) is 0 Å². The van der Waals surface area contributed by atoms with Crippen molar-refractivity contribution < 1.29 is 19.4 Å². The summed E-state index contributed by atoms with van der Waals surface area (Å²) >= 11 is 0. The fraction of sp³-hybridized carbons (Fsp3) is 0.235. The average Bonchev–Trinajstić information content (AvgIpc) is 2.53. The molecule has 0 aliphatic carbocycles. The Labute approximate surface area is 129 Å². The lowest BCUT2D eigenvalue weighted by Crippen LogP contribution is -2.14. The van der Waals surface area contributed by atoms with Crippen molar-refractivity contribution >= 4 is 5.97 Å². The maximum atomic E-state index is 10.8. The Morgan fingerprint density at radius 3 is 2.27 bits per heavy atom. The Bertz CT molecular complexity index is 647. The first-order chi connectivity index (χ1) is 10.6. The van der Waals surface area contributed by atoms with Crippen molar-refractivity contribution in [2.75, 3.05) is 14.2 Å². The molecule has 3 N–H and O–H groups in total. The number of ether oxygens (including phenoxy) is 2. The highest BCUT2D eigenvalue weighted by molar-refractivity contribution is 5.77. The van der Waals surface area contributed by atoms with Crippen LogP contribution in [-0.4, -0.2) is 25.3 Å². The van der Waals surface area contributed by atoms with Crippen LogP contribution in [0.25, 0.3) is 11.1 Å². The van der Waals surface area contributed by atoms with E-state index in [9.17, 15) is 4.79 Å². The van der Waals surface area contributed by atoms with Gasteiger partial charge in [0.1, 0.15) is 11.5 Å². The van der Waals surface area contributed by atoms with Gasteiger partial charge in [-0.05, 0) is 29.3 Å². The van der Waals surface area contributed by atoms with E-state index >= 15 is 0 Å². The minimum Gasteiger partial charge on any atom is -0.496 e. The highest BCUT2D eigenvalue weighted by Gasteiger charge is 2.15. The molecule has 22 heavy (non-hydrogen) atoms. The number of hydrogen-bond acceptors (Lipinski definition) is 4. The number of carboxylic acids is 1. The molecule has 0 saturated carbocycles. The molecule has 0 heterocycles. The van der Waals surface area contributed by atoms with E-state index in [-0.39, 0.29) is 6.42 Å². The molecule has 2 rings (SSSR count). The van der Waals surface area contributed by atoms with Crippen LogP contribution in [0.2, 0.25) is 0 Å². The molecule has 1 atom stereocenters. The van der Waals surface area contributed by atoms with Gasteiger partial charge in [0.25, 0.3) is 0 Å². The number of rotatable bonds is 6. The summed E-state index contributed by atoms with van der Waals surface area (Å²) in [5.74, 6) is 0.444. The Kier molecular flexibility index (Phi) is 5.01. The summed E-state index contributed by atoms with van der Waals surface area (Å²) in [6.45, 7) is 0. The molecule has 0 amide bonds. The summed E-state index contributed by atoms with van der Waals surface area (Å²) in [5, 5.41) is 8.88. The lowest BCUT2D eigenvalue weighted by Gasteiger charge is -2.15. The molecule has 0 bridgehead atoms. The summed E-state index contributed by atoms with van der Waals surface area (Å²) in [6, 6.07) is 12.4. The van der Waals surface area contributed by atoms with Crippen molar-refractivity contribution in [3.05, 3.63) is 48.0 Å². The van der Waals surface area contributed by atoms with Crippen LogP contribution in [0.3, 0.4) is 0 Å². The van der Waals surface area contributed by atoms with Gasteiger partial charge in [-0.1, -0.05) is 24.3 Å². The summed E-state index contributed by atoms with van der Waals surface area (Å²) in [4.78, 5) is 10.8. The van der Waals surface area contributed by atoms with Crippen LogP contribution in [-0.2, 0) is 4.79 Å². The molecular formula is C17H19NO4. The topological polar surface area (TPSA) is 81.8 Å². The molecule has 5 nitrogen and oxygen atoms in total. The zero-order valence-electron chi connectivity index (χ0n) is 12.6. The van der Waals surface area contributed by atoms with Gasteiger partial charge in [0.05, 0.1) is 26.2 Å². The van der Waals surface area contributed by atoms with Crippen molar-refractivity contribution in [3.8, 4) is 22.6 Å².